The number of amides is 5. The van der Waals surface area contributed by atoms with E-state index in [-0.39, 0.29) is 5.02 Å². The smallest absolute Gasteiger partial charge is 0.316 e. The molecule has 0 bridgehead atoms. The molecule has 1 heterocycles. The predicted octanol–water partition coefficient (Wildman–Crippen LogP) is 0.880. The lowest BCUT2D eigenvalue weighted by Gasteiger charge is -2.15. The molecule has 0 aliphatic carbocycles. The van der Waals surface area contributed by atoms with E-state index in [2.05, 4.69) is 0 Å². The summed E-state index contributed by atoms with van der Waals surface area (Å²) in [6.07, 6.45) is -4.67. The number of carbonyl (C=O) groups excluding carboxylic acids is 4. The Kier molecular flexibility index (Phi) is 4.64. The zero-order valence-electron chi connectivity index (χ0n) is 11.5. The first-order valence-corrected chi connectivity index (χ1v) is 6.56. The number of hydrazine groups is 1. The Labute approximate surface area is 136 Å². The van der Waals surface area contributed by atoms with Crippen LogP contribution in [0.4, 0.5) is 23.7 Å². The SMILES string of the molecule is O=C1CN(NC(=O)C(=O)Nc2cc(C(F)(F)F)ccc2Cl)C(=O)N1. The Morgan fingerprint density at radius 3 is 2.42 bits per heavy atom. The van der Waals surface area contributed by atoms with Gasteiger partial charge in [-0.05, 0) is 18.2 Å². The molecule has 8 nitrogen and oxygen atoms in total. The second-order valence-electron chi connectivity index (χ2n) is 4.53. The number of hydrogen-bond acceptors (Lipinski definition) is 4. The summed E-state index contributed by atoms with van der Waals surface area (Å²) in [7, 11) is 0. The van der Waals surface area contributed by atoms with Gasteiger partial charge in [-0.1, -0.05) is 11.6 Å². The number of carbonyl (C=O) groups is 4. The van der Waals surface area contributed by atoms with Crippen LogP contribution in [0.5, 0.6) is 0 Å². The number of hydrogen-bond donors (Lipinski definition) is 3. The Balaban J connectivity index is 2.08. The van der Waals surface area contributed by atoms with Crippen molar-refractivity contribution in [1.29, 1.82) is 0 Å². The number of rotatable bonds is 2. The van der Waals surface area contributed by atoms with Crippen molar-refractivity contribution in [1.82, 2.24) is 15.8 Å². The zero-order valence-corrected chi connectivity index (χ0v) is 12.3. The highest BCUT2D eigenvalue weighted by molar-refractivity contribution is 6.41. The number of nitrogens with zero attached hydrogens (tertiary/aromatic N) is 1. The van der Waals surface area contributed by atoms with Crippen LogP contribution in [-0.2, 0) is 20.6 Å². The topological polar surface area (TPSA) is 108 Å². The predicted molar refractivity (Wildman–Crippen MR) is 73.5 cm³/mol. The number of urea groups is 1. The standard InChI is InChI=1S/C12H8ClF3N4O4/c13-6-2-1-5(12(14,15)16)3-7(6)17-9(22)10(23)19-20-4-8(21)18-11(20)24/h1-3H,4H2,(H,17,22)(H,19,23)(H,18,21,24). The summed E-state index contributed by atoms with van der Waals surface area (Å²) in [4.78, 5) is 45.5. The van der Waals surface area contributed by atoms with E-state index in [4.69, 9.17) is 11.6 Å². The van der Waals surface area contributed by atoms with E-state index in [0.717, 1.165) is 6.07 Å². The monoisotopic (exact) mass is 364 g/mol. The minimum atomic E-state index is -4.67. The van der Waals surface area contributed by atoms with Crippen LogP contribution in [0.15, 0.2) is 18.2 Å². The molecule has 0 saturated carbocycles. The van der Waals surface area contributed by atoms with E-state index in [1.807, 2.05) is 16.1 Å². The molecule has 1 aromatic carbocycles. The molecule has 12 heteroatoms. The number of halogens is 4. The van der Waals surface area contributed by atoms with Crippen molar-refractivity contribution in [2.24, 2.45) is 0 Å². The Morgan fingerprint density at radius 2 is 1.88 bits per heavy atom. The van der Waals surface area contributed by atoms with E-state index in [0.29, 0.717) is 17.1 Å². The van der Waals surface area contributed by atoms with Crippen LogP contribution >= 0.6 is 11.6 Å². The van der Waals surface area contributed by atoms with E-state index >= 15 is 0 Å². The maximum absolute atomic E-state index is 12.6. The largest absolute Gasteiger partial charge is 0.416 e. The van der Waals surface area contributed by atoms with Crippen LogP contribution in [0.25, 0.3) is 0 Å². The number of imide groups is 1. The maximum Gasteiger partial charge on any atom is 0.416 e. The van der Waals surface area contributed by atoms with Crippen LogP contribution in [0.1, 0.15) is 5.56 Å². The molecule has 0 aromatic heterocycles. The van der Waals surface area contributed by atoms with Gasteiger partial charge in [0.2, 0.25) is 5.91 Å². The normalized spacial score (nSPS) is 14.4. The first kappa shape index (κ1) is 17.5. The fourth-order valence-corrected chi connectivity index (χ4v) is 1.85. The number of nitrogens with one attached hydrogen (secondary N) is 3. The van der Waals surface area contributed by atoms with Gasteiger partial charge in [0.1, 0.15) is 6.54 Å². The third kappa shape index (κ3) is 3.93. The summed E-state index contributed by atoms with van der Waals surface area (Å²) in [5, 5.41) is 4.06. The molecular weight excluding hydrogens is 357 g/mol. The molecule has 2 rings (SSSR count). The average Bonchev–Trinajstić information content (AvgIpc) is 2.77. The molecule has 24 heavy (non-hydrogen) atoms. The second-order valence-corrected chi connectivity index (χ2v) is 4.93. The van der Waals surface area contributed by atoms with Crippen LogP contribution in [-0.4, -0.2) is 35.3 Å². The van der Waals surface area contributed by atoms with Crippen LogP contribution in [0.2, 0.25) is 5.02 Å². The second kappa shape index (κ2) is 6.35. The van der Waals surface area contributed by atoms with Crippen molar-refractivity contribution in [2.75, 3.05) is 11.9 Å². The van der Waals surface area contributed by atoms with Gasteiger partial charge in [0.25, 0.3) is 0 Å². The summed E-state index contributed by atoms with van der Waals surface area (Å²) in [6.45, 7) is -0.498. The molecular formula is C12H8ClF3N4O4. The third-order valence-electron chi connectivity index (χ3n) is 2.78. The van der Waals surface area contributed by atoms with E-state index in [1.54, 1.807) is 0 Å². The van der Waals surface area contributed by atoms with Crippen molar-refractivity contribution < 1.29 is 32.3 Å². The minimum absolute atomic E-state index is 0.224. The summed E-state index contributed by atoms with van der Waals surface area (Å²) in [6, 6.07) is 1.22. The van der Waals surface area contributed by atoms with Gasteiger partial charge in [0.05, 0.1) is 16.3 Å². The summed E-state index contributed by atoms with van der Waals surface area (Å²) in [5.74, 6) is -3.43. The van der Waals surface area contributed by atoms with Gasteiger partial charge in [-0.2, -0.15) is 13.2 Å². The molecule has 3 N–H and O–H groups in total. The van der Waals surface area contributed by atoms with Crippen LogP contribution in [0, 0.1) is 0 Å². The number of benzene rings is 1. The first-order chi connectivity index (χ1) is 11.1. The van der Waals surface area contributed by atoms with Gasteiger partial charge < -0.3 is 5.32 Å². The molecule has 0 unspecified atom stereocenters. The number of anilines is 1. The van der Waals surface area contributed by atoms with Gasteiger partial charge in [-0.15, -0.1) is 0 Å². The van der Waals surface area contributed by atoms with Crippen LogP contribution in [0.3, 0.4) is 0 Å². The lowest BCUT2D eigenvalue weighted by atomic mass is 10.2. The molecule has 1 aliphatic heterocycles. The van der Waals surface area contributed by atoms with Crippen molar-refractivity contribution >= 4 is 41.0 Å². The Hall–Kier alpha value is -2.82. The highest BCUT2D eigenvalue weighted by Crippen LogP contribution is 2.33. The lowest BCUT2D eigenvalue weighted by molar-refractivity contribution is -0.138. The van der Waals surface area contributed by atoms with Crippen LogP contribution < -0.4 is 16.1 Å². The molecule has 1 aliphatic rings. The van der Waals surface area contributed by atoms with Gasteiger partial charge in [-0.3, -0.25) is 25.1 Å². The molecule has 5 amide bonds. The molecule has 0 spiro atoms. The number of alkyl halides is 3. The third-order valence-corrected chi connectivity index (χ3v) is 3.11. The highest BCUT2D eigenvalue weighted by Gasteiger charge is 2.32. The fourth-order valence-electron chi connectivity index (χ4n) is 1.68. The molecule has 0 radical (unpaired) electrons. The highest BCUT2D eigenvalue weighted by atomic mass is 35.5. The average molecular weight is 365 g/mol. The fraction of sp³-hybridized carbons (Fsp3) is 0.167. The van der Waals surface area contributed by atoms with Gasteiger partial charge in [-0.25, -0.2) is 9.80 Å². The Morgan fingerprint density at radius 1 is 1.21 bits per heavy atom. The lowest BCUT2D eigenvalue weighted by Crippen LogP contribution is -2.48. The first-order valence-electron chi connectivity index (χ1n) is 6.18. The maximum atomic E-state index is 12.6. The molecule has 1 aromatic rings. The summed E-state index contributed by atoms with van der Waals surface area (Å²) >= 11 is 5.67. The summed E-state index contributed by atoms with van der Waals surface area (Å²) in [5.41, 5.74) is 0.314. The molecule has 1 fully saturated rings. The van der Waals surface area contributed by atoms with Gasteiger partial charge in [0, 0.05) is 0 Å². The van der Waals surface area contributed by atoms with Gasteiger partial charge >= 0.3 is 24.0 Å². The van der Waals surface area contributed by atoms with Gasteiger partial charge in [0.15, 0.2) is 0 Å². The zero-order chi connectivity index (χ0) is 18.1. The summed E-state index contributed by atoms with van der Waals surface area (Å²) < 4.78 is 37.9. The molecule has 128 valence electrons. The molecule has 1 saturated heterocycles. The Bertz CT molecular complexity index is 738. The van der Waals surface area contributed by atoms with E-state index in [9.17, 15) is 32.3 Å². The van der Waals surface area contributed by atoms with Crippen molar-refractivity contribution in [2.45, 2.75) is 6.18 Å². The molecule has 0 atom stereocenters. The van der Waals surface area contributed by atoms with Crippen molar-refractivity contribution in [3.8, 4) is 0 Å². The van der Waals surface area contributed by atoms with Crippen molar-refractivity contribution in [3.05, 3.63) is 28.8 Å². The van der Waals surface area contributed by atoms with Crippen molar-refractivity contribution in [3.63, 3.8) is 0 Å². The minimum Gasteiger partial charge on any atom is -0.316 e. The quantitative estimate of drug-likeness (QED) is 0.535. The van der Waals surface area contributed by atoms with E-state index < -0.39 is 47.7 Å². The van der Waals surface area contributed by atoms with E-state index in [1.165, 1.54) is 0 Å².